The van der Waals surface area contributed by atoms with Crippen molar-refractivity contribution in [3.63, 3.8) is 0 Å². The molecule has 2 rings (SSSR count). The van der Waals surface area contributed by atoms with Crippen molar-refractivity contribution < 1.29 is 0 Å². The first-order chi connectivity index (χ1) is 9.70. The van der Waals surface area contributed by atoms with Crippen molar-refractivity contribution in [2.24, 2.45) is 0 Å². The summed E-state index contributed by atoms with van der Waals surface area (Å²) in [6.45, 7) is 7.99. The Morgan fingerprint density at radius 2 is 2.05 bits per heavy atom. The van der Waals surface area contributed by atoms with Gasteiger partial charge < -0.3 is 10.2 Å². The number of likely N-dealkylation sites (tertiary alicyclic amines) is 1. The van der Waals surface area contributed by atoms with E-state index in [1.54, 1.807) is 0 Å². The number of benzene rings is 1. The SMILES string of the molecule is CCNC(CCN1CCCCC1C)c1ccc(Cl)cc1. The van der Waals surface area contributed by atoms with Crippen molar-refractivity contribution in [3.8, 4) is 0 Å². The predicted octanol–water partition coefficient (Wildman–Crippen LogP) is 4.26. The Balaban J connectivity index is 1.93. The van der Waals surface area contributed by atoms with Crippen LogP contribution in [0.1, 0.15) is 51.1 Å². The Morgan fingerprint density at radius 3 is 2.70 bits per heavy atom. The van der Waals surface area contributed by atoms with Crippen molar-refractivity contribution in [1.82, 2.24) is 10.2 Å². The average molecular weight is 295 g/mol. The first kappa shape index (κ1) is 15.8. The molecule has 1 aromatic carbocycles. The van der Waals surface area contributed by atoms with Crippen LogP contribution < -0.4 is 5.32 Å². The van der Waals surface area contributed by atoms with E-state index in [9.17, 15) is 0 Å². The maximum absolute atomic E-state index is 5.98. The van der Waals surface area contributed by atoms with Gasteiger partial charge in [-0.05, 0) is 57.0 Å². The van der Waals surface area contributed by atoms with Gasteiger partial charge in [-0.15, -0.1) is 0 Å². The van der Waals surface area contributed by atoms with Gasteiger partial charge in [-0.2, -0.15) is 0 Å². The van der Waals surface area contributed by atoms with Crippen LogP contribution in [0.5, 0.6) is 0 Å². The molecule has 112 valence electrons. The molecule has 1 N–H and O–H groups in total. The molecule has 1 aromatic rings. The highest BCUT2D eigenvalue weighted by atomic mass is 35.5. The standard InChI is InChI=1S/C17H27ClN2/c1-3-19-17(15-7-9-16(18)10-8-15)11-13-20-12-5-4-6-14(20)2/h7-10,14,17,19H,3-6,11-13H2,1-2H3. The second-order valence-corrected chi connectivity index (χ2v) is 6.27. The van der Waals surface area contributed by atoms with Gasteiger partial charge in [0, 0.05) is 23.7 Å². The largest absolute Gasteiger partial charge is 0.310 e. The fourth-order valence-electron chi connectivity index (χ4n) is 3.11. The zero-order chi connectivity index (χ0) is 14.4. The van der Waals surface area contributed by atoms with Gasteiger partial charge in [-0.1, -0.05) is 37.1 Å². The maximum atomic E-state index is 5.98. The quantitative estimate of drug-likeness (QED) is 0.843. The predicted molar refractivity (Wildman–Crippen MR) is 87.4 cm³/mol. The lowest BCUT2D eigenvalue weighted by Crippen LogP contribution is -2.39. The number of nitrogens with one attached hydrogen (secondary N) is 1. The number of piperidine rings is 1. The van der Waals surface area contributed by atoms with E-state index in [2.05, 4.69) is 36.2 Å². The summed E-state index contributed by atoms with van der Waals surface area (Å²) in [4.78, 5) is 2.64. The molecule has 0 saturated carbocycles. The summed E-state index contributed by atoms with van der Waals surface area (Å²) in [6.07, 6.45) is 5.27. The summed E-state index contributed by atoms with van der Waals surface area (Å²) in [6, 6.07) is 9.46. The molecule has 0 radical (unpaired) electrons. The zero-order valence-corrected chi connectivity index (χ0v) is 13.5. The van der Waals surface area contributed by atoms with Crippen molar-refractivity contribution in [1.29, 1.82) is 0 Å². The second kappa shape index (κ2) is 8.02. The molecule has 1 fully saturated rings. The van der Waals surface area contributed by atoms with Crippen LogP contribution in [0.3, 0.4) is 0 Å². The van der Waals surface area contributed by atoms with Gasteiger partial charge in [0.2, 0.25) is 0 Å². The number of hydrogen-bond acceptors (Lipinski definition) is 2. The molecule has 0 bridgehead atoms. The van der Waals surface area contributed by atoms with Crippen LogP contribution in [-0.4, -0.2) is 30.6 Å². The van der Waals surface area contributed by atoms with E-state index < -0.39 is 0 Å². The molecular formula is C17H27ClN2. The van der Waals surface area contributed by atoms with E-state index in [1.807, 2.05) is 12.1 Å². The van der Waals surface area contributed by atoms with Gasteiger partial charge >= 0.3 is 0 Å². The third-order valence-electron chi connectivity index (χ3n) is 4.37. The summed E-state index contributed by atoms with van der Waals surface area (Å²) in [5, 5.41) is 4.42. The summed E-state index contributed by atoms with van der Waals surface area (Å²) >= 11 is 5.98. The van der Waals surface area contributed by atoms with Crippen molar-refractivity contribution in [2.75, 3.05) is 19.6 Å². The second-order valence-electron chi connectivity index (χ2n) is 5.83. The zero-order valence-electron chi connectivity index (χ0n) is 12.7. The Kier molecular flexibility index (Phi) is 6.34. The molecule has 1 aliphatic heterocycles. The smallest absolute Gasteiger partial charge is 0.0406 e. The summed E-state index contributed by atoms with van der Waals surface area (Å²) < 4.78 is 0. The van der Waals surface area contributed by atoms with Crippen LogP contribution in [0.4, 0.5) is 0 Å². The molecule has 0 spiro atoms. The molecule has 0 aromatic heterocycles. The highest BCUT2D eigenvalue weighted by Crippen LogP contribution is 2.22. The van der Waals surface area contributed by atoms with Gasteiger partial charge in [-0.25, -0.2) is 0 Å². The molecule has 0 amide bonds. The molecular weight excluding hydrogens is 268 g/mol. The molecule has 1 saturated heterocycles. The third kappa shape index (κ3) is 4.47. The van der Waals surface area contributed by atoms with Crippen LogP contribution in [-0.2, 0) is 0 Å². The molecule has 3 heteroatoms. The van der Waals surface area contributed by atoms with E-state index in [0.29, 0.717) is 6.04 Å². The first-order valence-corrected chi connectivity index (χ1v) is 8.31. The van der Waals surface area contributed by atoms with E-state index in [-0.39, 0.29) is 0 Å². The van der Waals surface area contributed by atoms with Crippen molar-refractivity contribution in [2.45, 2.75) is 51.6 Å². The number of halogens is 1. The molecule has 2 unspecified atom stereocenters. The van der Waals surface area contributed by atoms with Crippen molar-refractivity contribution >= 4 is 11.6 Å². The lowest BCUT2D eigenvalue weighted by molar-refractivity contribution is 0.153. The monoisotopic (exact) mass is 294 g/mol. The van der Waals surface area contributed by atoms with Gasteiger partial charge in [0.25, 0.3) is 0 Å². The number of hydrogen-bond donors (Lipinski definition) is 1. The summed E-state index contributed by atoms with van der Waals surface area (Å²) in [5.41, 5.74) is 1.35. The van der Waals surface area contributed by atoms with Crippen LogP contribution in [0.25, 0.3) is 0 Å². The molecule has 2 nitrogen and oxygen atoms in total. The molecule has 0 aliphatic carbocycles. The van der Waals surface area contributed by atoms with Gasteiger partial charge in [0.15, 0.2) is 0 Å². The number of rotatable bonds is 6. The third-order valence-corrected chi connectivity index (χ3v) is 4.62. The normalized spacial score (nSPS) is 21.9. The molecule has 2 atom stereocenters. The fraction of sp³-hybridized carbons (Fsp3) is 0.647. The Hall–Kier alpha value is -0.570. The van der Waals surface area contributed by atoms with Gasteiger partial charge in [0.1, 0.15) is 0 Å². The van der Waals surface area contributed by atoms with Crippen LogP contribution in [0.2, 0.25) is 5.02 Å². The highest BCUT2D eigenvalue weighted by Gasteiger charge is 2.19. The molecule has 20 heavy (non-hydrogen) atoms. The average Bonchev–Trinajstić information content (AvgIpc) is 2.46. The highest BCUT2D eigenvalue weighted by molar-refractivity contribution is 6.30. The van der Waals surface area contributed by atoms with Gasteiger partial charge in [-0.3, -0.25) is 0 Å². The lowest BCUT2D eigenvalue weighted by Gasteiger charge is -2.34. The van der Waals surface area contributed by atoms with E-state index >= 15 is 0 Å². The molecule has 1 aliphatic rings. The summed E-state index contributed by atoms with van der Waals surface area (Å²) in [5.74, 6) is 0. The minimum absolute atomic E-state index is 0.436. The minimum Gasteiger partial charge on any atom is -0.310 e. The lowest BCUT2D eigenvalue weighted by atomic mass is 10.00. The van der Waals surface area contributed by atoms with Crippen LogP contribution >= 0.6 is 11.6 Å². The minimum atomic E-state index is 0.436. The topological polar surface area (TPSA) is 15.3 Å². The van der Waals surface area contributed by atoms with E-state index in [0.717, 1.165) is 17.6 Å². The number of nitrogens with zero attached hydrogens (tertiary/aromatic N) is 1. The van der Waals surface area contributed by atoms with Crippen molar-refractivity contribution in [3.05, 3.63) is 34.9 Å². The Labute approximate surface area is 128 Å². The maximum Gasteiger partial charge on any atom is 0.0406 e. The first-order valence-electron chi connectivity index (χ1n) is 7.93. The Morgan fingerprint density at radius 1 is 1.30 bits per heavy atom. The fourth-order valence-corrected chi connectivity index (χ4v) is 3.24. The Bertz CT molecular complexity index is 390. The summed E-state index contributed by atoms with van der Waals surface area (Å²) in [7, 11) is 0. The van der Waals surface area contributed by atoms with E-state index in [1.165, 1.54) is 44.3 Å². The van der Waals surface area contributed by atoms with Gasteiger partial charge in [0.05, 0.1) is 0 Å². The van der Waals surface area contributed by atoms with Crippen LogP contribution in [0, 0.1) is 0 Å². The van der Waals surface area contributed by atoms with Crippen LogP contribution in [0.15, 0.2) is 24.3 Å². The van der Waals surface area contributed by atoms with E-state index in [4.69, 9.17) is 11.6 Å². The molecule has 1 heterocycles.